The summed E-state index contributed by atoms with van der Waals surface area (Å²) < 4.78 is 0. The molecule has 0 fully saturated rings. The van der Waals surface area contributed by atoms with Crippen LogP contribution in [0.15, 0.2) is 0 Å². The van der Waals surface area contributed by atoms with Gasteiger partial charge in [-0.3, -0.25) is 0 Å². The number of thiol groups is 1. The molecule has 0 N–H and O–H groups in total. The predicted octanol–water partition coefficient (Wildman–Crippen LogP) is 0.709. The number of carbonyl (C=O) groups is 1. The standard InChI is InChI=1S/C4H7OS/c5-3-1-2-4-6/h1,3,6H,2,4H2. The molecule has 0 aromatic heterocycles. The lowest BCUT2D eigenvalue weighted by molar-refractivity contribution is -0.105. The average Bonchev–Trinajstić information content (AvgIpc) is 1.61. The Labute approximate surface area is 43.2 Å². The van der Waals surface area contributed by atoms with Crippen LogP contribution < -0.4 is 0 Å². The summed E-state index contributed by atoms with van der Waals surface area (Å²) in [7, 11) is 0. The zero-order valence-corrected chi connectivity index (χ0v) is 4.32. The van der Waals surface area contributed by atoms with Crippen LogP contribution in [0.1, 0.15) is 6.42 Å². The predicted molar refractivity (Wildman–Crippen MR) is 28.8 cm³/mol. The van der Waals surface area contributed by atoms with E-state index in [1.165, 1.54) is 0 Å². The molecule has 0 aliphatic rings. The van der Waals surface area contributed by atoms with Gasteiger partial charge in [0.1, 0.15) is 6.29 Å². The van der Waals surface area contributed by atoms with Crippen molar-refractivity contribution in [1.82, 2.24) is 0 Å². The third-order valence-corrected chi connectivity index (χ3v) is 0.650. The smallest absolute Gasteiger partial charge is 0.123 e. The molecule has 1 radical (unpaired) electrons. The summed E-state index contributed by atoms with van der Waals surface area (Å²) in [5.74, 6) is 0.763. The van der Waals surface area contributed by atoms with Crippen LogP contribution in [0.4, 0.5) is 0 Å². The minimum absolute atomic E-state index is 0.763. The van der Waals surface area contributed by atoms with Gasteiger partial charge in [0.2, 0.25) is 0 Å². The van der Waals surface area contributed by atoms with Gasteiger partial charge in [0.15, 0.2) is 0 Å². The van der Waals surface area contributed by atoms with Gasteiger partial charge in [-0.25, -0.2) is 0 Å². The summed E-state index contributed by atoms with van der Waals surface area (Å²) in [6, 6.07) is 0. The molecular weight excluding hydrogens is 96.1 g/mol. The summed E-state index contributed by atoms with van der Waals surface area (Å²) in [4.78, 5) is 9.47. The third kappa shape index (κ3) is 4.02. The Hall–Kier alpha value is 0.0200. The molecule has 0 atom stereocenters. The maximum Gasteiger partial charge on any atom is 0.123 e. The van der Waals surface area contributed by atoms with Crippen LogP contribution >= 0.6 is 12.6 Å². The average molecular weight is 103 g/mol. The van der Waals surface area contributed by atoms with E-state index in [2.05, 4.69) is 12.6 Å². The van der Waals surface area contributed by atoms with Gasteiger partial charge in [0, 0.05) is 6.42 Å². The molecular formula is C4H7OS. The van der Waals surface area contributed by atoms with Gasteiger partial charge in [-0.15, -0.1) is 0 Å². The minimum atomic E-state index is 0.763. The zero-order valence-electron chi connectivity index (χ0n) is 3.42. The molecule has 0 bridgehead atoms. The third-order valence-electron chi connectivity index (χ3n) is 0.392. The number of hydrogen-bond acceptors (Lipinski definition) is 2. The summed E-state index contributed by atoms with van der Waals surface area (Å²) in [6.45, 7) is 0. The monoisotopic (exact) mass is 103 g/mol. The fourth-order valence-corrected chi connectivity index (χ4v) is 0.292. The molecule has 0 aromatic carbocycles. The Kier molecular flexibility index (Phi) is 5.04. The quantitative estimate of drug-likeness (QED) is 0.316. The summed E-state index contributed by atoms with van der Waals surface area (Å²) >= 11 is 3.86. The normalized spacial score (nSPS) is 8.17. The highest BCUT2D eigenvalue weighted by Gasteiger charge is 1.76. The van der Waals surface area contributed by atoms with Crippen LogP contribution in [-0.4, -0.2) is 12.0 Å². The van der Waals surface area contributed by atoms with E-state index in [9.17, 15) is 4.79 Å². The van der Waals surface area contributed by atoms with Crippen LogP contribution in [0.3, 0.4) is 0 Å². The Morgan fingerprint density at radius 2 is 2.33 bits per heavy atom. The van der Waals surface area contributed by atoms with E-state index < -0.39 is 0 Å². The molecule has 1 nitrogen and oxygen atoms in total. The van der Waals surface area contributed by atoms with Crippen molar-refractivity contribution in [2.24, 2.45) is 0 Å². The molecule has 2 heteroatoms. The molecule has 0 heterocycles. The fourth-order valence-electron chi connectivity index (χ4n) is 0.143. The molecule has 0 saturated heterocycles. The van der Waals surface area contributed by atoms with Crippen molar-refractivity contribution in [2.75, 3.05) is 5.75 Å². The number of carbonyl (C=O) groups excluding carboxylic acids is 1. The van der Waals surface area contributed by atoms with Crippen LogP contribution in [0.5, 0.6) is 0 Å². The van der Waals surface area contributed by atoms with Crippen molar-refractivity contribution < 1.29 is 4.79 Å². The molecule has 0 aliphatic carbocycles. The van der Waals surface area contributed by atoms with E-state index in [1.807, 2.05) is 0 Å². The first kappa shape index (κ1) is 6.02. The van der Waals surface area contributed by atoms with E-state index in [-0.39, 0.29) is 0 Å². The topological polar surface area (TPSA) is 17.1 Å². The highest BCUT2D eigenvalue weighted by Crippen LogP contribution is 1.83. The van der Waals surface area contributed by atoms with Gasteiger partial charge in [-0.2, -0.15) is 12.6 Å². The molecule has 6 heavy (non-hydrogen) atoms. The Morgan fingerprint density at radius 1 is 1.67 bits per heavy atom. The second-order valence-electron chi connectivity index (χ2n) is 0.884. The number of hydrogen-bond donors (Lipinski definition) is 1. The first-order valence-corrected chi connectivity index (χ1v) is 2.43. The number of aldehydes is 1. The molecule has 0 rings (SSSR count). The minimum Gasteiger partial charge on any atom is -0.303 e. The van der Waals surface area contributed by atoms with Crippen molar-refractivity contribution in [2.45, 2.75) is 6.42 Å². The SMILES string of the molecule is O=C[CH]CCS. The van der Waals surface area contributed by atoms with E-state index in [4.69, 9.17) is 0 Å². The highest BCUT2D eigenvalue weighted by molar-refractivity contribution is 7.80. The van der Waals surface area contributed by atoms with Crippen molar-refractivity contribution in [3.63, 3.8) is 0 Å². The zero-order chi connectivity index (χ0) is 4.83. The van der Waals surface area contributed by atoms with Crippen LogP contribution in [0.25, 0.3) is 0 Å². The lowest BCUT2D eigenvalue weighted by atomic mass is 10.4. The maximum absolute atomic E-state index is 9.47. The van der Waals surface area contributed by atoms with E-state index >= 15 is 0 Å². The van der Waals surface area contributed by atoms with Gasteiger partial charge in [0.05, 0.1) is 0 Å². The van der Waals surface area contributed by atoms with Gasteiger partial charge in [-0.1, -0.05) is 0 Å². The van der Waals surface area contributed by atoms with Crippen molar-refractivity contribution in [3.05, 3.63) is 6.42 Å². The Morgan fingerprint density at radius 3 is 2.50 bits per heavy atom. The summed E-state index contributed by atoms with van der Waals surface area (Å²) in [6.07, 6.45) is 3.12. The lowest BCUT2D eigenvalue weighted by Gasteiger charge is -1.77. The summed E-state index contributed by atoms with van der Waals surface area (Å²) in [5.41, 5.74) is 0. The van der Waals surface area contributed by atoms with Crippen molar-refractivity contribution in [1.29, 1.82) is 0 Å². The van der Waals surface area contributed by atoms with Crippen molar-refractivity contribution in [3.8, 4) is 0 Å². The number of rotatable bonds is 3. The van der Waals surface area contributed by atoms with Crippen LogP contribution in [0, 0.1) is 6.42 Å². The van der Waals surface area contributed by atoms with E-state index in [1.54, 1.807) is 6.42 Å². The first-order chi connectivity index (χ1) is 2.91. The summed E-state index contributed by atoms with van der Waals surface area (Å²) in [5, 5.41) is 0. The highest BCUT2D eigenvalue weighted by atomic mass is 32.1. The molecule has 0 spiro atoms. The second kappa shape index (κ2) is 5.02. The van der Waals surface area contributed by atoms with Gasteiger partial charge in [-0.05, 0) is 12.2 Å². The molecule has 0 amide bonds. The van der Waals surface area contributed by atoms with Gasteiger partial charge >= 0.3 is 0 Å². The van der Waals surface area contributed by atoms with Crippen LogP contribution in [-0.2, 0) is 4.79 Å². The molecule has 0 aliphatic heterocycles. The molecule has 35 valence electrons. The Bertz CT molecular complexity index is 36.5. The molecule has 0 aromatic rings. The van der Waals surface area contributed by atoms with Gasteiger partial charge in [0.25, 0.3) is 0 Å². The Balaban J connectivity index is 2.49. The van der Waals surface area contributed by atoms with Crippen molar-refractivity contribution >= 4 is 18.9 Å². The second-order valence-corrected chi connectivity index (χ2v) is 1.33. The number of unbranched alkanes of at least 4 members (excludes halogenated alkanes) is 1. The lowest BCUT2D eigenvalue weighted by Crippen LogP contribution is -1.76. The van der Waals surface area contributed by atoms with E-state index in [0.29, 0.717) is 0 Å². The van der Waals surface area contributed by atoms with E-state index in [0.717, 1.165) is 18.5 Å². The first-order valence-electron chi connectivity index (χ1n) is 1.79. The molecule has 0 saturated carbocycles. The maximum atomic E-state index is 9.47. The van der Waals surface area contributed by atoms with Gasteiger partial charge < -0.3 is 4.79 Å². The van der Waals surface area contributed by atoms with Crippen LogP contribution in [0.2, 0.25) is 0 Å². The molecule has 0 unspecified atom stereocenters. The largest absolute Gasteiger partial charge is 0.303 e. The fraction of sp³-hybridized carbons (Fsp3) is 0.500.